The predicted octanol–water partition coefficient (Wildman–Crippen LogP) is 3.31. The summed E-state index contributed by atoms with van der Waals surface area (Å²) < 4.78 is 39.8. The van der Waals surface area contributed by atoms with Gasteiger partial charge in [0.2, 0.25) is 0 Å². The summed E-state index contributed by atoms with van der Waals surface area (Å²) in [5.74, 6) is -0.0139. The van der Waals surface area contributed by atoms with Crippen LogP contribution in [-0.4, -0.2) is 20.5 Å². The molecule has 0 saturated heterocycles. The summed E-state index contributed by atoms with van der Waals surface area (Å²) in [7, 11) is 0. The van der Waals surface area contributed by atoms with Crippen LogP contribution in [0.15, 0.2) is 42.6 Å². The second kappa shape index (κ2) is 5.38. The molecule has 0 saturated carbocycles. The first-order valence-corrected chi connectivity index (χ1v) is 6.65. The largest absolute Gasteiger partial charge is 0.416 e. The van der Waals surface area contributed by atoms with Crippen molar-refractivity contribution in [1.29, 1.82) is 0 Å². The smallest absolute Gasteiger partial charge is 0.319 e. The lowest BCUT2D eigenvalue weighted by molar-refractivity contribution is -0.137. The van der Waals surface area contributed by atoms with E-state index in [9.17, 15) is 18.0 Å². The Hall–Kier alpha value is -2.90. The molecule has 0 spiro atoms. The highest BCUT2D eigenvalue weighted by Gasteiger charge is 2.30. The Labute approximate surface area is 128 Å². The van der Waals surface area contributed by atoms with Crippen molar-refractivity contribution in [2.75, 3.05) is 5.32 Å². The molecular formula is C15H11F3N4O. The Morgan fingerprint density at radius 1 is 1.17 bits per heavy atom. The van der Waals surface area contributed by atoms with Crippen LogP contribution in [0.2, 0.25) is 0 Å². The number of carbonyl (C=O) groups is 1. The number of carbonyl (C=O) groups excluding carboxylic acids is 1. The van der Waals surface area contributed by atoms with Crippen molar-refractivity contribution in [3.05, 3.63) is 59.5 Å². The van der Waals surface area contributed by atoms with Gasteiger partial charge in [0.05, 0.1) is 11.3 Å². The van der Waals surface area contributed by atoms with Crippen molar-refractivity contribution in [3.63, 3.8) is 0 Å². The molecule has 2 heterocycles. The van der Waals surface area contributed by atoms with Gasteiger partial charge >= 0.3 is 6.18 Å². The number of aryl methyl sites for hydroxylation is 1. The second-order valence-electron chi connectivity index (χ2n) is 4.90. The van der Waals surface area contributed by atoms with Crippen molar-refractivity contribution < 1.29 is 18.0 Å². The molecule has 5 nitrogen and oxygen atoms in total. The highest BCUT2D eigenvalue weighted by Crippen LogP contribution is 2.29. The lowest BCUT2D eigenvalue weighted by Gasteiger charge is -2.09. The Bertz CT molecular complexity index is 886. The van der Waals surface area contributed by atoms with Crippen LogP contribution in [0.1, 0.15) is 21.7 Å². The van der Waals surface area contributed by atoms with Crippen LogP contribution in [0.25, 0.3) is 5.65 Å². The van der Waals surface area contributed by atoms with Crippen LogP contribution in [0, 0.1) is 6.92 Å². The zero-order valence-electron chi connectivity index (χ0n) is 11.9. The van der Waals surface area contributed by atoms with E-state index in [-0.39, 0.29) is 5.56 Å². The van der Waals surface area contributed by atoms with Crippen LogP contribution >= 0.6 is 0 Å². The average molecular weight is 320 g/mol. The lowest BCUT2D eigenvalue weighted by Crippen LogP contribution is -2.14. The highest BCUT2D eigenvalue weighted by molar-refractivity contribution is 6.06. The number of nitrogens with one attached hydrogen (secondary N) is 1. The zero-order valence-corrected chi connectivity index (χ0v) is 11.9. The molecule has 0 aliphatic carbocycles. The molecule has 0 radical (unpaired) electrons. The molecule has 3 rings (SSSR count). The number of hydrogen-bond acceptors (Lipinski definition) is 3. The van der Waals surface area contributed by atoms with E-state index in [4.69, 9.17) is 0 Å². The maximum atomic E-state index is 12.7. The summed E-state index contributed by atoms with van der Waals surface area (Å²) in [6.45, 7) is 1.75. The van der Waals surface area contributed by atoms with Gasteiger partial charge in [-0.3, -0.25) is 9.20 Å². The van der Waals surface area contributed by atoms with Gasteiger partial charge in [0.25, 0.3) is 5.91 Å². The van der Waals surface area contributed by atoms with Gasteiger partial charge in [0.15, 0.2) is 5.65 Å². The topological polar surface area (TPSA) is 59.3 Å². The Balaban J connectivity index is 1.92. The minimum atomic E-state index is -4.50. The molecule has 0 aliphatic rings. The van der Waals surface area contributed by atoms with E-state index in [0.717, 1.165) is 12.1 Å². The molecule has 0 unspecified atom stereocenters. The van der Waals surface area contributed by atoms with E-state index in [1.165, 1.54) is 12.1 Å². The third-order valence-electron chi connectivity index (χ3n) is 3.31. The second-order valence-corrected chi connectivity index (χ2v) is 4.90. The van der Waals surface area contributed by atoms with Crippen LogP contribution in [0.3, 0.4) is 0 Å². The maximum Gasteiger partial charge on any atom is 0.416 e. The number of anilines is 1. The summed E-state index contributed by atoms with van der Waals surface area (Å²) in [6.07, 6.45) is -2.77. The number of halogens is 3. The van der Waals surface area contributed by atoms with Crippen LogP contribution in [0.5, 0.6) is 0 Å². The molecule has 0 aliphatic heterocycles. The molecule has 23 heavy (non-hydrogen) atoms. The standard InChI is InChI=1S/C15H11F3N4O/c1-9-20-21-13-12(6-3-7-22(9)13)19-14(23)10-4-2-5-11(8-10)15(16,17)18/h2-8H,1H3,(H,19,23). The molecule has 8 heteroatoms. The molecular weight excluding hydrogens is 309 g/mol. The van der Waals surface area contributed by atoms with Gasteiger partial charge in [-0.1, -0.05) is 6.07 Å². The van der Waals surface area contributed by atoms with E-state index < -0.39 is 17.6 Å². The number of amides is 1. The summed E-state index contributed by atoms with van der Waals surface area (Å²) in [6, 6.07) is 7.53. The first kappa shape index (κ1) is 15.0. The monoisotopic (exact) mass is 320 g/mol. The molecule has 0 fully saturated rings. The Kier molecular flexibility index (Phi) is 3.51. The summed E-state index contributed by atoms with van der Waals surface area (Å²) >= 11 is 0. The number of aromatic nitrogens is 3. The average Bonchev–Trinajstić information content (AvgIpc) is 2.89. The van der Waals surface area contributed by atoms with Gasteiger partial charge in [0.1, 0.15) is 5.82 Å². The third kappa shape index (κ3) is 2.87. The fraction of sp³-hybridized carbons (Fsp3) is 0.133. The van der Waals surface area contributed by atoms with Gasteiger partial charge in [-0.2, -0.15) is 13.2 Å². The number of fused-ring (bicyclic) bond motifs is 1. The number of benzene rings is 1. The minimum Gasteiger partial charge on any atom is -0.319 e. The molecule has 0 bridgehead atoms. The van der Waals surface area contributed by atoms with Crippen LogP contribution in [0.4, 0.5) is 18.9 Å². The van der Waals surface area contributed by atoms with Crippen LogP contribution < -0.4 is 5.32 Å². The normalized spacial score (nSPS) is 11.7. The lowest BCUT2D eigenvalue weighted by atomic mass is 10.1. The van der Waals surface area contributed by atoms with E-state index in [2.05, 4.69) is 15.5 Å². The molecule has 0 atom stereocenters. The molecule has 1 N–H and O–H groups in total. The number of pyridine rings is 1. The first-order valence-electron chi connectivity index (χ1n) is 6.65. The van der Waals surface area contributed by atoms with Gasteiger partial charge in [-0.25, -0.2) is 0 Å². The number of alkyl halides is 3. The third-order valence-corrected chi connectivity index (χ3v) is 3.31. The predicted molar refractivity (Wildman–Crippen MR) is 77.1 cm³/mol. The number of nitrogens with zero attached hydrogens (tertiary/aromatic N) is 3. The Morgan fingerprint density at radius 3 is 2.70 bits per heavy atom. The minimum absolute atomic E-state index is 0.0851. The fourth-order valence-corrected chi connectivity index (χ4v) is 2.16. The van der Waals surface area contributed by atoms with E-state index in [1.54, 1.807) is 29.7 Å². The Morgan fingerprint density at radius 2 is 1.96 bits per heavy atom. The maximum absolute atomic E-state index is 12.7. The van der Waals surface area contributed by atoms with Crippen LogP contribution in [-0.2, 0) is 6.18 Å². The van der Waals surface area contributed by atoms with Gasteiger partial charge in [0, 0.05) is 11.8 Å². The number of hydrogen-bond donors (Lipinski definition) is 1. The molecule has 1 aromatic carbocycles. The molecule has 1 amide bonds. The van der Waals surface area contributed by atoms with E-state index in [0.29, 0.717) is 17.2 Å². The van der Waals surface area contributed by atoms with E-state index in [1.807, 2.05) is 0 Å². The fourth-order valence-electron chi connectivity index (χ4n) is 2.16. The van der Waals surface area contributed by atoms with Gasteiger partial charge < -0.3 is 5.32 Å². The van der Waals surface area contributed by atoms with Gasteiger partial charge in [-0.15, -0.1) is 10.2 Å². The van der Waals surface area contributed by atoms with Crippen molar-refractivity contribution in [2.24, 2.45) is 0 Å². The van der Waals surface area contributed by atoms with Crippen molar-refractivity contribution in [2.45, 2.75) is 13.1 Å². The summed E-state index contributed by atoms with van der Waals surface area (Å²) in [4.78, 5) is 12.2. The zero-order chi connectivity index (χ0) is 16.6. The van der Waals surface area contributed by atoms with Gasteiger partial charge in [-0.05, 0) is 37.3 Å². The van der Waals surface area contributed by atoms with Crippen molar-refractivity contribution in [1.82, 2.24) is 14.6 Å². The molecule has 118 valence electrons. The van der Waals surface area contributed by atoms with E-state index >= 15 is 0 Å². The highest BCUT2D eigenvalue weighted by atomic mass is 19.4. The molecule has 2 aromatic heterocycles. The number of rotatable bonds is 2. The van der Waals surface area contributed by atoms with Crippen molar-refractivity contribution >= 4 is 17.2 Å². The first-order chi connectivity index (χ1) is 10.9. The van der Waals surface area contributed by atoms with Crippen molar-refractivity contribution in [3.8, 4) is 0 Å². The summed E-state index contributed by atoms with van der Waals surface area (Å²) in [5, 5.41) is 10.4. The SMILES string of the molecule is Cc1nnc2c(NC(=O)c3cccc(C(F)(F)F)c3)cccn12. The molecule has 3 aromatic rings. The quantitative estimate of drug-likeness (QED) is 0.788. The summed E-state index contributed by atoms with van der Waals surface area (Å²) in [5.41, 5.74) is -0.166.